The number of nitrogens with one attached hydrogen (secondary N) is 1. The molecule has 7 heteroatoms. The van der Waals surface area contributed by atoms with E-state index in [1.54, 1.807) is 7.05 Å². The highest BCUT2D eigenvalue weighted by atomic mass is 16.2. The van der Waals surface area contributed by atoms with Crippen molar-refractivity contribution in [2.75, 3.05) is 11.4 Å². The first-order chi connectivity index (χ1) is 11.5. The van der Waals surface area contributed by atoms with Crippen LogP contribution >= 0.6 is 0 Å². The summed E-state index contributed by atoms with van der Waals surface area (Å²) in [4.78, 5) is 33.4. The zero-order chi connectivity index (χ0) is 17.0. The molecule has 2 aromatic heterocycles. The lowest BCUT2D eigenvalue weighted by atomic mass is 10.1. The summed E-state index contributed by atoms with van der Waals surface area (Å²) in [6, 6.07) is 8.12. The van der Waals surface area contributed by atoms with E-state index in [-0.39, 0.29) is 5.56 Å². The Morgan fingerprint density at radius 2 is 1.96 bits per heavy atom. The zero-order valence-electron chi connectivity index (χ0n) is 13.9. The molecule has 0 saturated heterocycles. The molecule has 0 fully saturated rings. The number of benzene rings is 1. The van der Waals surface area contributed by atoms with Crippen LogP contribution < -0.4 is 16.1 Å². The molecule has 0 unspecified atom stereocenters. The average Bonchev–Trinajstić information content (AvgIpc) is 2.92. The minimum atomic E-state index is -0.446. The largest absolute Gasteiger partial charge is 0.329 e. The predicted molar refractivity (Wildman–Crippen MR) is 92.9 cm³/mol. The molecule has 1 N–H and O–H groups in total. The Morgan fingerprint density at radius 1 is 1.21 bits per heavy atom. The van der Waals surface area contributed by atoms with Crippen molar-refractivity contribution in [2.45, 2.75) is 20.4 Å². The maximum atomic E-state index is 12.4. The summed E-state index contributed by atoms with van der Waals surface area (Å²) in [5, 5.41) is 0. The fraction of sp³-hybridized carbons (Fsp3) is 0.353. The molecule has 0 spiro atoms. The molecule has 1 aliphatic rings. The van der Waals surface area contributed by atoms with Gasteiger partial charge in [0.2, 0.25) is 5.95 Å². The topological polar surface area (TPSA) is 75.9 Å². The minimum Gasteiger partial charge on any atom is -0.311 e. The smallest absolute Gasteiger partial charge is 0.311 e. The van der Waals surface area contributed by atoms with E-state index in [1.807, 2.05) is 16.7 Å². The Balaban J connectivity index is 2.05. The van der Waals surface area contributed by atoms with Gasteiger partial charge in [-0.3, -0.25) is 14.3 Å². The molecule has 4 rings (SSSR count). The van der Waals surface area contributed by atoms with Crippen LogP contribution in [0.2, 0.25) is 0 Å². The van der Waals surface area contributed by atoms with Crippen LogP contribution in [0.15, 0.2) is 33.9 Å². The summed E-state index contributed by atoms with van der Waals surface area (Å²) in [6.45, 7) is 5.73. The molecule has 1 atom stereocenters. The van der Waals surface area contributed by atoms with Crippen molar-refractivity contribution in [1.29, 1.82) is 0 Å². The number of fused-ring (bicyclic) bond motifs is 3. The predicted octanol–water partition coefficient (Wildman–Crippen LogP) is 1.52. The van der Waals surface area contributed by atoms with Crippen LogP contribution in [0.25, 0.3) is 11.2 Å². The van der Waals surface area contributed by atoms with Crippen LogP contribution in [0.4, 0.5) is 11.6 Å². The van der Waals surface area contributed by atoms with E-state index in [1.165, 1.54) is 4.57 Å². The maximum absolute atomic E-state index is 12.4. The van der Waals surface area contributed by atoms with Crippen molar-refractivity contribution in [3.63, 3.8) is 0 Å². The number of aromatic amines is 1. The molecular weight excluding hydrogens is 306 g/mol. The number of anilines is 2. The monoisotopic (exact) mass is 325 g/mol. The summed E-state index contributed by atoms with van der Waals surface area (Å²) in [6.07, 6.45) is 0. The molecule has 7 nitrogen and oxygen atoms in total. The summed E-state index contributed by atoms with van der Waals surface area (Å²) in [7, 11) is 1.63. The van der Waals surface area contributed by atoms with E-state index in [0.717, 1.165) is 17.8 Å². The Bertz CT molecular complexity index is 1060. The van der Waals surface area contributed by atoms with Gasteiger partial charge >= 0.3 is 5.69 Å². The van der Waals surface area contributed by atoms with E-state index >= 15 is 0 Å². The molecule has 24 heavy (non-hydrogen) atoms. The van der Waals surface area contributed by atoms with E-state index in [9.17, 15) is 9.59 Å². The molecule has 0 amide bonds. The van der Waals surface area contributed by atoms with Gasteiger partial charge in [0.05, 0.1) is 0 Å². The quantitative estimate of drug-likeness (QED) is 0.736. The van der Waals surface area contributed by atoms with Gasteiger partial charge in [0.1, 0.15) is 0 Å². The van der Waals surface area contributed by atoms with Gasteiger partial charge in [-0.25, -0.2) is 4.79 Å². The van der Waals surface area contributed by atoms with Gasteiger partial charge in [-0.1, -0.05) is 25.1 Å². The third-order valence-electron chi connectivity index (χ3n) is 4.62. The molecule has 3 aromatic rings. The molecule has 0 radical (unpaired) electrons. The van der Waals surface area contributed by atoms with Crippen LogP contribution in [0, 0.1) is 12.8 Å². The van der Waals surface area contributed by atoms with Crippen molar-refractivity contribution in [2.24, 2.45) is 13.0 Å². The second-order valence-corrected chi connectivity index (χ2v) is 6.52. The molecular formula is C17H19N5O2. The third-order valence-corrected chi connectivity index (χ3v) is 4.62. The Labute approximate surface area is 138 Å². The summed E-state index contributed by atoms with van der Waals surface area (Å²) in [5.74, 6) is 1.07. The lowest BCUT2D eigenvalue weighted by molar-refractivity contribution is 0.458. The molecule has 1 aromatic carbocycles. The third kappa shape index (κ3) is 2.01. The van der Waals surface area contributed by atoms with Gasteiger partial charge in [-0.2, -0.15) is 4.98 Å². The Kier molecular flexibility index (Phi) is 3.13. The number of aromatic nitrogens is 4. The van der Waals surface area contributed by atoms with E-state index in [0.29, 0.717) is 29.6 Å². The zero-order valence-corrected chi connectivity index (χ0v) is 13.9. The van der Waals surface area contributed by atoms with Crippen LogP contribution in [0.5, 0.6) is 0 Å². The molecule has 0 bridgehead atoms. The van der Waals surface area contributed by atoms with Gasteiger partial charge in [0.25, 0.3) is 5.56 Å². The SMILES string of the molecule is Cc1ccccc1N1C[C@H](C)Cn2c1nc1c2c(=O)[nH]c(=O)n1C. The van der Waals surface area contributed by atoms with Crippen molar-refractivity contribution in [1.82, 2.24) is 19.1 Å². The van der Waals surface area contributed by atoms with E-state index in [4.69, 9.17) is 0 Å². The molecule has 3 heterocycles. The van der Waals surface area contributed by atoms with Crippen LogP contribution in [0.3, 0.4) is 0 Å². The van der Waals surface area contributed by atoms with Crippen molar-refractivity contribution in [3.8, 4) is 0 Å². The summed E-state index contributed by atoms with van der Waals surface area (Å²) in [5.41, 5.74) is 2.27. The number of aryl methyl sites for hydroxylation is 2. The molecule has 1 aliphatic heterocycles. The van der Waals surface area contributed by atoms with Crippen molar-refractivity contribution < 1.29 is 0 Å². The second kappa shape index (κ2) is 5.09. The van der Waals surface area contributed by atoms with Gasteiger partial charge in [0, 0.05) is 25.8 Å². The lowest BCUT2D eigenvalue weighted by Gasteiger charge is -2.33. The maximum Gasteiger partial charge on any atom is 0.329 e. The Hall–Kier alpha value is -2.83. The standard InChI is InChI=1S/C17H19N5O2/c1-10-8-21(12-7-5-4-6-11(12)2)16-18-14-13(22(16)9-10)15(23)19-17(24)20(14)3/h4-7,10H,8-9H2,1-3H3,(H,19,23,24)/t10-/m0/s1. The number of para-hydroxylation sites is 1. The molecule has 0 saturated carbocycles. The van der Waals surface area contributed by atoms with Gasteiger partial charge < -0.3 is 9.47 Å². The fourth-order valence-corrected chi connectivity index (χ4v) is 3.44. The lowest BCUT2D eigenvalue weighted by Crippen LogP contribution is -2.35. The van der Waals surface area contributed by atoms with Crippen molar-refractivity contribution >= 4 is 22.8 Å². The van der Waals surface area contributed by atoms with Crippen LogP contribution in [0.1, 0.15) is 12.5 Å². The highest BCUT2D eigenvalue weighted by molar-refractivity contribution is 5.77. The number of H-pyrrole nitrogens is 1. The number of rotatable bonds is 1. The molecule has 0 aliphatic carbocycles. The van der Waals surface area contributed by atoms with E-state index in [2.05, 4.69) is 40.8 Å². The second-order valence-electron chi connectivity index (χ2n) is 6.52. The van der Waals surface area contributed by atoms with Gasteiger partial charge in [-0.05, 0) is 24.5 Å². The Morgan fingerprint density at radius 3 is 2.71 bits per heavy atom. The molecule has 124 valence electrons. The number of hydrogen-bond acceptors (Lipinski definition) is 4. The first kappa shape index (κ1) is 14.7. The minimum absolute atomic E-state index is 0.353. The highest BCUT2D eigenvalue weighted by Gasteiger charge is 2.29. The summed E-state index contributed by atoms with van der Waals surface area (Å²) >= 11 is 0. The first-order valence-electron chi connectivity index (χ1n) is 8.00. The normalized spacial score (nSPS) is 17.3. The van der Waals surface area contributed by atoms with Crippen LogP contribution in [-0.4, -0.2) is 25.6 Å². The van der Waals surface area contributed by atoms with Gasteiger partial charge in [0.15, 0.2) is 11.2 Å². The number of nitrogens with zero attached hydrogens (tertiary/aromatic N) is 4. The number of imidazole rings is 1. The average molecular weight is 325 g/mol. The summed E-state index contributed by atoms with van der Waals surface area (Å²) < 4.78 is 3.32. The fourth-order valence-electron chi connectivity index (χ4n) is 3.44. The van der Waals surface area contributed by atoms with Gasteiger partial charge in [-0.15, -0.1) is 0 Å². The van der Waals surface area contributed by atoms with Crippen molar-refractivity contribution in [3.05, 3.63) is 50.7 Å². The van der Waals surface area contributed by atoms with Crippen LogP contribution in [-0.2, 0) is 13.6 Å². The first-order valence-corrected chi connectivity index (χ1v) is 8.00. The number of hydrogen-bond donors (Lipinski definition) is 1. The highest BCUT2D eigenvalue weighted by Crippen LogP contribution is 2.34. The van der Waals surface area contributed by atoms with E-state index < -0.39 is 5.69 Å².